The molecule has 0 bridgehead atoms. The lowest BCUT2D eigenvalue weighted by atomic mass is 10.2. The van der Waals surface area contributed by atoms with Crippen molar-refractivity contribution in [2.75, 3.05) is 5.32 Å². The summed E-state index contributed by atoms with van der Waals surface area (Å²) < 4.78 is 7.19. The fourth-order valence-electron chi connectivity index (χ4n) is 1.17. The number of carbonyl (C=O) groups is 1. The number of carbonyl (C=O) groups excluding carboxylic acids is 1. The monoisotopic (exact) mass is 411 g/mol. The average Bonchev–Trinajstić information content (AvgIpc) is 2.11. The number of amides is 1. The van der Waals surface area contributed by atoms with E-state index in [-0.39, 0.29) is 0 Å². The molecule has 1 aromatic rings. The minimum atomic E-state index is -0.486. The summed E-state index contributed by atoms with van der Waals surface area (Å²) in [5, 5.41) is 2.75. The molecule has 0 radical (unpaired) electrons. The number of ether oxygens (including phenoxy) is 1. The first-order valence-corrected chi connectivity index (χ1v) is 7.02. The summed E-state index contributed by atoms with van der Waals surface area (Å²) in [4.78, 5) is 11.6. The molecule has 1 aromatic carbocycles. The molecule has 0 atom stereocenters. The number of nitrogens with one attached hydrogen (secondary N) is 1. The molecule has 0 unspecified atom stereocenters. The van der Waals surface area contributed by atoms with E-state index in [4.69, 9.17) is 4.74 Å². The second-order valence-corrected chi connectivity index (χ2v) is 6.72. The molecule has 0 aliphatic heterocycles. The van der Waals surface area contributed by atoms with Crippen LogP contribution < -0.4 is 5.32 Å². The van der Waals surface area contributed by atoms with Gasteiger partial charge in [-0.15, -0.1) is 0 Å². The van der Waals surface area contributed by atoms with Crippen LogP contribution in [0, 0.1) is 10.5 Å². The van der Waals surface area contributed by atoms with E-state index < -0.39 is 11.7 Å². The molecule has 0 spiro atoms. The highest BCUT2D eigenvalue weighted by atomic mass is 127. The average molecular weight is 412 g/mol. The third-order valence-corrected chi connectivity index (χ3v) is 3.63. The predicted octanol–water partition coefficient (Wildman–Crippen LogP) is 4.71. The standard InChI is InChI=1S/C12H15BrINO2/c1-7-5-10(9(14)6-8(7)13)15-11(16)17-12(2,3)4/h5-6H,1-4H3,(H,15,16). The Kier molecular flexibility index (Phi) is 4.83. The van der Waals surface area contributed by atoms with Gasteiger partial charge in [0.25, 0.3) is 0 Å². The van der Waals surface area contributed by atoms with Gasteiger partial charge in [0, 0.05) is 8.04 Å². The lowest BCUT2D eigenvalue weighted by Gasteiger charge is -2.20. The van der Waals surface area contributed by atoms with Gasteiger partial charge in [-0.25, -0.2) is 4.79 Å². The topological polar surface area (TPSA) is 38.3 Å². The van der Waals surface area contributed by atoms with Gasteiger partial charge in [0.1, 0.15) is 5.60 Å². The number of aryl methyl sites for hydroxylation is 1. The van der Waals surface area contributed by atoms with Crippen molar-refractivity contribution in [3.63, 3.8) is 0 Å². The minimum absolute atomic E-state index is 0.433. The fraction of sp³-hybridized carbons (Fsp3) is 0.417. The van der Waals surface area contributed by atoms with Gasteiger partial charge in [-0.2, -0.15) is 0 Å². The molecular weight excluding hydrogens is 397 g/mol. The Bertz CT molecular complexity index is 441. The highest BCUT2D eigenvalue weighted by Gasteiger charge is 2.17. The van der Waals surface area contributed by atoms with Crippen molar-refractivity contribution < 1.29 is 9.53 Å². The number of halogens is 2. The Morgan fingerprint density at radius 3 is 2.53 bits per heavy atom. The van der Waals surface area contributed by atoms with Crippen LogP contribution in [-0.2, 0) is 4.74 Å². The van der Waals surface area contributed by atoms with Crippen LogP contribution in [0.5, 0.6) is 0 Å². The summed E-state index contributed by atoms with van der Waals surface area (Å²) in [7, 11) is 0. The summed E-state index contributed by atoms with van der Waals surface area (Å²) in [5.74, 6) is 0. The van der Waals surface area contributed by atoms with Crippen LogP contribution in [0.2, 0.25) is 0 Å². The zero-order valence-corrected chi connectivity index (χ0v) is 14.0. The van der Waals surface area contributed by atoms with Gasteiger partial charge in [-0.05, 0) is 68.0 Å². The lowest BCUT2D eigenvalue weighted by molar-refractivity contribution is 0.0636. The summed E-state index contributed by atoms with van der Waals surface area (Å²) in [6.07, 6.45) is -0.433. The number of hydrogen-bond donors (Lipinski definition) is 1. The second kappa shape index (κ2) is 5.56. The SMILES string of the molecule is Cc1cc(NC(=O)OC(C)(C)C)c(I)cc1Br. The fourth-order valence-corrected chi connectivity index (χ4v) is 2.54. The molecule has 0 heterocycles. The Labute approximate surface area is 124 Å². The van der Waals surface area contributed by atoms with Gasteiger partial charge in [0.05, 0.1) is 5.69 Å². The molecule has 0 saturated carbocycles. The van der Waals surface area contributed by atoms with Gasteiger partial charge in [-0.1, -0.05) is 15.9 Å². The molecule has 0 aromatic heterocycles. The van der Waals surface area contributed by atoms with Crippen LogP contribution in [0.4, 0.5) is 10.5 Å². The smallest absolute Gasteiger partial charge is 0.412 e. The molecule has 0 aliphatic carbocycles. The molecule has 3 nitrogen and oxygen atoms in total. The van der Waals surface area contributed by atoms with Crippen molar-refractivity contribution in [1.29, 1.82) is 0 Å². The number of anilines is 1. The van der Waals surface area contributed by atoms with Gasteiger partial charge in [-0.3, -0.25) is 5.32 Å². The molecule has 1 amide bonds. The third kappa shape index (κ3) is 4.83. The quantitative estimate of drug-likeness (QED) is 0.679. The first kappa shape index (κ1) is 14.8. The third-order valence-electron chi connectivity index (χ3n) is 1.88. The van der Waals surface area contributed by atoms with Crippen molar-refractivity contribution in [1.82, 2.24) is 0 Å². The molecule has 94 valence electrons. The largest absolute Gasteiger partial charge is 0.444 e. The van der Waals surface area contributed by atoms with E-state index in [1.165, 1.54) is 0 Å². The Balaban J connectivity index is 2.82. The molecule has 5 heteroatoms. The maximum absolute atomic E-state index is 11.6. The van der Waals surface area contributed by atoms with Crippen LogP contribution in [-0.4, -0.2) is 11.7 Å². The Morgan fingerprint density at radius 2 is 2.00 bits per heavy atom. The Morgan fingerprint density at radius 1 is 1.41 bits per heavy atom. The molecular formula is C12H15BrINO2. The number of hydrogen-bond acceptors (Lipinski definition) is 2. The molecule has 1 rings (SSSR count). The lowest BCUT2D eigenvalue weighted by Crippen LogP contribution is -2.27. The normalized spacial score (nSPS) is 11.2. The highest BCUT2D eigenvalue weighted by molar-refractivity contribution is 14.1. The van der Waals surface area contributed by atoms with Crippen LogP contribution >= 0.6 is 38.5 Å². The minimum Gasteiger partial charge on any atom is -0.444 e. The van der Waals surface area contributed by atoms with Gasteiger partial charge < -0.3 is 4.74 Å². The maximum atomic E-state index is 11.6. The van der Waals surface area contributed by atoms with Crippen LogP contribution in [0.15, 0.2) is 16.6 Å². The number of benzene rings is 1. The maximum Gasteiger partial charge on any atom is 0.412 e. The summed E-state index contributed by atoms with van der Waals surface area (Å²) >= 11 is 5.62. The van der Waals surface area contributed by atoms with E-state index >= 15 is 0 Å². The summed E-state index contributed by atoms with van der Waals surface area (Å²) in [5.41, 5.74) is 1.34. The molecule has 17 heavy (non-hydrogen) atoms. The van der Waals surface area contributed by atoms with E-state index in [0.29, 0.717) is 0 Å². The van der Waals surface area contributed by atoms with Gasteiger partial charge in [0.2, 0.25) is 0 Å². The predicted molar refractivity (Wildman–Crippen MR) is 81.5 cm³/mol. The van der Waals surface area contributed by atoms with Crippen molar-refractivity contribution in [2.45, 2.75) is 33.3 Å². The van der Waals surface area contributed by atoms with Crippen molar-refractivity contribution >= 4 is 50.3 Å². The molecule has 0 saturated heterocycles. The van der Waals surface area contributed by atoms with Gasteiger partial charge >= 0.3 is 6.09 Å². The van der Waals surface area contributed by atoms with Crippen molar-refractivity contribution in [3.05, 3.63) is 25.7 Å². The molecule has 0 aliphatic rings. The van der Waals surface area contributed by atoms with E-state index in [1.54, 1.807) is 0 Å². The summed E-state index contributed by atoms with van der Waals surface area (Å²) in [6.45, 7) is 7.49. The van der Waals surface area contributed by atoms with Crippen molar-refractivity contribution in [2.24, 2.45) is 0 Å². The van der Waals surface area contributed by atoms with Crippen LogP contribution in [0.1, 0.15) is 26.3 Å². The van der Waals surface area contributed by atoms with Gasteiger partial charge in [0.15, 0.2) is 0 Å². The molecule has 1 N–H and O–H groups in total. The first-order valence-electron chi connectivity index (χ1n) is 5.15. The van der Waals surface area contributed by atoms with E-state index in [2.05, 4.69) is 43.8 Å². The van der Waals surface area contributed by atoms with E-state index in [1.807, 2.05) is 39.8 Å². The van der Waals surface area contributed by atoms with Crippen LogP contribution in [0.25, 0.3) is 0 Å². The number of rotatable bonds is 1. The first-order chi connectivity index (χ1) is 7.69. The Hall–Kier alpha value is -0.300. The highest BCUT2D eigenvalue weighted by Crippen LogP contribution is 2.26. The van der Waals surface area contributed by atoms with Crippen LogP contribution in [0.3, 0.4) is 0 Å². The molecule has 0 fully saturated rings. The zero-order chi connectivity index (χ0) is 13.2. The zero-order valence-electron chi connectivity index (χ0n) is 10.2. The van der Waals surface area contributed by atoms with Crippen molar-refractivity contribution in [3.8, 4) is 0 Å². The summed E-state index contributed by atoms with van der Waals surface area (Å²) in [6, 6.07) is 3.87. The van der Waals surface area contributed by atoms with E-state index in [0.717, 1.165) is 19.3 Å². The van der Waals surface area contributed by atoms with E-state index in [9.17, 15) is 4.79 Å². The second-order valence-electron chi connectivity index (χ2n) is 4.71.